The van der Waals surface area contributed by atoms with E-state index < -0.39 is 0 Å². The van der Waals surface area contributed by atoms with Gasteiger partial charge in [-0.15, -0.1) is 23.1 Å². The Balaban J connectivity index is 1.78. The second kappa shape index (κ2) is 5.83. The summed E-state index contributed by atoms with van der Waals surface area (Å²) in [5.41, 5.74) is 7.20. The van der Waals surface area contributed by atoms with Crippen LogP contribution >= 0.6 is 23.1 Å². The van der Waals surface area contributed by atoms with E-state index in [-0.39, 0.29) is 6.04 Å². The van der Waals surface area contributed by atoms with E-state index in [1.54, 1.807) is 11.3 Å². The number of ether oxygens (including phenoxy) is 1. The number of nitrogens with zero attached hydrogens (tertiary/aromatic N) is 2. The molecular formula is C13H19N3OS2. The predicted octanol–water partition coefficient (Wildman–Crippen LogP) is 2.56. The van der Waals surface area contributed by atoms with Gasteiger partial charge in [-0.1, -0.05) is 0 Å². The average Bonchev–Trinajstić information content (AvgIpc) is 3.05. The maximum atomic E-state index is 5.96. The molecule has 0 aliphatic carbocycles. The summed E-state index contributed by atoms with van der Waals surface area (Å²) < 4.78 is 7.85. The van der Waals surface area contributed by atoms with Crippen LogP contribution in [-0.2, 0) is 11.2 Å². The summed E-state index contributed by atoms with van der Waals surface area (Å²) in [5.74, 6) is 0.997. The van der Waals surface area contributed by atoms with Crippen LogP contribution in [0.4, 0.5) is 0 Å². The van der Waals surface area contributed by atoms with E-state index in [1.165, 1.54) is 18.5 Å². The third kappa shape index (κ3) is 2.97. The molecule has 0 radical (unpaired) electrons. The summed E-state index contributed by atoms with van der Waals surface area (Å²) in [6.45, 7) is 2.95. The number of nitrogens with two attached hydrogens (primary N) is 1. The topological polar surface area (TPSA) is 52.5 Å². The lowest BCUT2D eigenvalue weighted by molar-refractivity contribution is 0.129. The van der Waals surface area contributed by atoms with Crippen molar-refractivity contribution in [1.29, 1.82) is 0 Å². The average molecular weight is 297 g/mol. The van der Waals surface area contributed by atoms with Crippen molar-refractivity contribution in [2.75, 3.05) is 12.4 Å². The van der Waals surface area contributed by atoms with Crippen LogP contribution in [0, 0.1) is 0 Å². The van der Waals surface area contributed by atoms with Crippen LogP contribution in [0.15, 0.2) is 16.6 Å². The van der Waals surface area contributed by atoms with Crippen molar-refractivity contribution in [3.63, 3.8) is 0 Å². The number of hydrogen-bond donors (Lipinski definition) is 1. The Morgan fingerprint density at radius 1 is 1.68 bits per heavy atom. The van der Waals surface area contributed by atoms with Gasteiger partial charge in [0.2, 0.25) is 0 Å². The molecule has 1 saturated heterocycles. The second-order valence-electron chi connectivity index (χ2n) is 5.05. The first-order valence-electron chi connectivity index (χ1n) is 6.68. The summed E-state index contributed by atoms with van der Waals surface area (Å²) in [6.07, 6.45) is 5.72. The molecule has 0 spiro atoms. The summed E-state index contributed by atoms with van der Waals surface area (Å²) >= 11 is 3.48. The van der Waals surface area contributed by atoms with Crippen LogP contribution in [-0.4, -0.2) is 33.9 Å². The number of rotatable bonds is 5. The maximum absolute atomic E-state index is 5.96. The molecule has 2 aromatic rings. The highest BCUT2D eigenvalue weighted by Gasteiger charge is 2.19. The molecule has 2 aromatic heterocycles. The highest BCUT2D eigenvalue weighted by atomic mass is 32.2. The van der Waals surface area contributed by atoms with Crippen molar-refractivity contribution >= 4 is 28.1 Å². The first kappa shape index (κ1) is 13.4. The van der Waals surface area contributed by atoms with E-state index in [0.29, 0.717) is 6.10 Å². The lowest BCUT2D eigenvalue weighted by Gasteiger charge is -2.09. The zero-order chi connectivity index (χ0) is 13.2. The predicted molar refractivity (Wildman–Crippen MR) is 80.1 cm³/mol. The van der Waals surface area contributed by atoms with Gasteiger partial charge in [-0.2, -0.15) is 0 Å². The number of imidazole rings is 1. The molecule has 19 heavy (non-hydrogen) atoms. The molecule has 0 bridgehead atoms. The minimum atomic E-state index is 0.155. The Kier molecular flexibility index (Phi) is 4.12. The van der Waals surface area contributed by atoms with Crippen LogP contribution in [0.25, 0.3) is 4.96 Å². The molecule has 1 fully saturated rings. The van der Waals surface area contributed by atoms with Crippen molar-refractivity contribution in [2.24, 2.45) is 5.73 Å². The van der Waals surface area contributed by atoms with Gasteiger partial charge in [0.15, 0.2) is 4.96 Å². The fraction of sp³-hybridized carbons (Fsp3) is 0.615. The van der Waals surface area contributed by atoms with Gasteiger partial charge in [0.25, 0.3) is 0 Å². The van der Waals surface area contributed by atoms with Gasteiger partial charge in [0, 0.05) is 36.4 Å². The van der Waals surface area contributed by atoms with Crippen LogP contribution in [0.1, 0.15) is 25.5 Å². The van der Waals surface area contributed by atoms with Crippen molar-refractivity contribution in [3.8, 4) is 0 Å². The van der Waals surface area contributed by atoms with E-state index in [9.17, 15) is 0 Å². The minimum Gasteiger partial charge on any atom is -0.377 e. The molecule has 1 aliphatic heterocycles. The summed E-state index contributed by atoms with van der Waals surface area (Å²) in [6, 6.07) is 0.155. The van der Waals surface area contributed by atoms with Gasteiger partial charge in [0.05, 0.1) is 11.8 Å². The SMILES string of the molecule is CC(N)Cc1c(SCC2CCCO2)nc2sccn12. The van der Waals surface area contributed by atoms with Gasteiger partial charge in [-0.25, -0.2) is 4.98 Å². The van der Waals surface area contributed by atoms with Gasteiger partial charge < -0.3 is 10.5 Å². The van der Waals surface area contributed by atoms with Gasteiger partial charge in [0.1, 0.15) is 5.03 Å². The molecule has 0 amide bonds. The molecule has 0 aromatic carbocycles. The van der Waals surface area contributed by atoms with Crippen LogP contribution < -0.4 is 5.73 Å². The number of thiazole rings is 1. The standard InChI is InChI=1S/C13H19N3OS2/c1-9(14)7-11-12(15-13-16(11)4-6-18-13)19-8-10-3-2-5-17-10/h4,6,9-10H,2-3,5,7-8,14H2,1H3. The quantitative estimate of drug-likeness (QED) is 0.862. The molecule has 6 heteroatoms. The summed E-state index contributed by atoms with van der Waals surface area (Å²) in [4.78, 5) is 5.78. The first-order chi connectivity index (χ1) is 9.24. The molecule has 1 aliphatic rings. The van der Waals surface area contributed by atoms with Gasteiger partial charge in [-0.05, 0) is 19.8 Å². The van der Waals surface area contributed by atoms with Gasteiger partial charge in [-0.3, -0.25) is 4.40 Å². The molecule has 3 rings (SSSR count). The van der Waals surface area contributed by atoms with Crippen LogP contribution in [0.3, 0.4) is 0 Å². The zero-order valence-electron chi connectivity index (χ0n) is 11.0. The fourth-order valence-corrected chi connectivity index (χ4v) is 4.26. The highest BCUT2D eigenvalue weighted by molar-refractivity contribution is 7.99. The third-order valence-corrected chi connectivity index (χ3v) is 5.16. The molecule has 2 unspecified atom stereocenters. The number of thioether (sulfide) groups is 1. The van der Waals surface area contributed by atoms with E-state index in [4.69, 9.17) is 15.5 Å². The van der Waals surface area contributed by atoms with E-state index in [0.717, 1.165) is 28.8 Å². The number of aromatic nitrogens is 2. The molecule has 104 valence electrons. The maximum Gasteiger partial charge on any atom is 0.194 e. The van der Waals surface area contributed by atoms with Crippen LogP contribution in [0.5, 0.6) is 0 Å². The first-order valence-corrected chi connectivity index (χ1v) is 8.55. The van der Waals surface area contributed by atoms with Crippen molar-refractivity contribution in [1.82, 2.24) is 9.38 Å². The smallest absolute Gasteiger partial charge is 0.194 e. The molecule has 3 heterocycles. The van der Waals surface area contributed by atoms with Crippen molar-refractivity contribution < 1.29 is 4.74 Å². The lowest BCUT2D eigenvalue weighted by atomic mass is 10.2. The normalized spacial score (nSPS) is 21.3. The molecule has 0 saturated carbocycles. The molecule has 2 atom stereocenters. The lowest BCUT2D eigenvalue weighted by Crippen LogP contribution is -2.19. The third-order valence-electron chi connectivity index (χ3n) is 3.27. The Labute approximate surface area is 121 Å². The second-order valence-corrected chi connectivity index (χ2v) is 6.93. The zero-order valence-corrected chi connectivity index (χ0v) is 12.7. The number of hydrogen-bond acceptors (Lipinski definition) is 5. The molecule has 2 N–H and O–H groups in total. The minimum absolute atomic E-state index is 0.155. The van der Waals surface area contributed by atoms with Crippen molar-refractivity contribution in [2.45, 2.75) is 43.4 Å². The largest absolute Gasteiger partial charge is 0.377 e. The Hall–Kier alpha value is -0.560. The summed E-state index contributed by atoms with van der Waals surface area (Å²) in [5, 5.41) is 3.20. The fourth-order valence-electron chi connectivity index (χ4n) is 2.37. The number of fused-ring (bicyclic) bond motifs is 1. The Morgan fingerprint density at radius 2 is 2.58 bits per heavy atom. The van der Waals surface area contributed by atoms with Gasteiger partial charge >= 0.3 is 0 Å². The Bertz CT molecular complexity index is 543. The monoisotopic (exact) mass is 297 g/mol. The highest BCUT2D eigenvalue weighted by Crippen LogP contribution is 2.29. The van der Waals surface area contributed by atoms with Crippen molar-refractivity contribution in [3.05, 3.63) is 17.3 Å². The van der Waals surface area contributed by atoms with Crippen LogP contribution in [0.2, 0.25) is 0 Å². The van der Waals surface area contributed by atoms with E-state index in [1.807, 2.05) is 18.7 Å². The molecular weight excluding hydrogens is 278 g/mol. The van der Waals surface area contributed by atoms with E-state index >= 15 is 0 Å². The van der Waals surface area contributed by atoms with E-state index in [2.05, 4.69) is 16.0 Å². The summed E-state index contributed by atoms with van der Waals surface area (Å²) in [7, 11) is 0. The Morgan fingerprint density at radius 3 is 3.32 bits per heavy atom. The molecule has 4 nitrogen and oxygen atoms in total.